The van der Waals surface area contributed by atoms with Gasteiger partial charge >= 0.3 is 6.18 Å². The number of carbonyl (C=O) groups excluding carboxylic acids is 2. The number of rotatable bonds is 6. The van der Waals surface area contributed by atoms with Gasteiger partial charge in [0.1, 0.15) is 0 Å². The zero-order valence-corrected chi connectivity index (χ0v) is 15.3. The van der Waals surface area contributed by atoms with Crippen molar-refractivity contribution in [2.24, 2.45) is 5.92 Å². The quantitative estimate of drug-likeness (QED) is 0.543. The fraction of sp³-hybridized carbons (Fsp3) is 0.176. The van der Waals surface area contributed by atoms with Gasteiger partial charge in [0.15, 0.2) is 18.3 Å². The topological polar surface area (TPSA) is 92.1 Å². The van der Waals surface area contributed by atoms with E-state index in [2.05, 4.69) is 15.0 Å². The van der Waals surface area contributed by atoms with Crippen molar-refractivity contribution >= 4 is 40.6 Å². The molecule has 6 nitrogen and oxygen atoms in total. The molecule has 0 aliphatic heterocycles. The Kier molecular flexibility index (Phi) is 6.83. The van der Waals surface area contributed by atoms with Gasteiger partial charge in [-0.3, -0.25) is 9.59 Å². The van der Waals surface area contributed by atoms with E-state index >= 15 is 0 Å². The third-order valence-corrected chi connectivity index (χ3v) is 3.79. The number of ether oxygens (including phenoxy) is 1. The van der Waals surface area contributed by atoms with Crippen LogP contribution in [0, 0.1) is 17.2 Å². The van der Waals surface area contributed by atoms with Gasteiger partial charge in [-0.25, -0.2) is 4.98 Å². The lowest BCUT2D eigenvalue weighted by molar-refractivity contribution is -0.154. The molecule has 0 radical (unpaired) electrons. The highest BCUT2D eigenvalue weighted by Crippen LogP contribution is 2.26. The van der Waals surface area contributed by atoms with Gasteiger partial charge in [0.05, 0.1) is 16.8 Å². The minimum Gasteiger partial charge on any atom is -0.468 e. The van der Waals surface area contributed by atoms with Crippen molar-refractivity contribution in [3.8, 4) is 11.9 Å². The molecule has 11 heteroatoms. The molecule has 28 heavy (non-hydrogen) atoms. The van der Waals surface area contributed by atoms with Crippen LogP contribution in [0.4, 0.5) is 18.9 Å². The van der Waals surface area contributed by atoms with Gasteiger partial charge in [0.25, 0.3) is 0 Å². The Hall–Kier alpha value is -2.83. The predicted molar refractivity (Wildman–Crippen MR) is 94.3 cm³/mol. The monoisotopic (exact) mass is 431 g/mol. The number of benzene rings is 1. The molecule has 1 N–H and O–H groups in total. The molecular weight excluding hydrogens is 422 g/mol. The first-order valence-electron chi connectivity index (χ1n) is 7.46. The number of pyridine rings is 1. The summed E-state index contributed by atoms with van der Waals surface area (Å²) in [5, 5.41) is 12.0. The van der Waals surface area contributed by atoms with Crippen LogP contribution in [0.1, 0.15) is 10.4 Å². The van der Waals surface area contributed by atoms with Crippen molar-refractivity contribution in [3.63, 3.8) is 0 Å². The number of halogens is 5. The molecule has 1 unspecified atom stereocenters. The van der Waals surface area contributed by atoms with Crippen molar-refractivity contribution in [2.45, 2.75) is 6.18 Å². The molecule has 1 atom stereocenters. The maximum atomic E-state index is 12.4. The molecule has 1 aromatic heterocycles. The van der Waals surface area contributed by atoms with Gasteiger partial charge in [-0.2, -0.15) is 18.4 Å². The first-order chi connectivity index (χ1) is 13.1. The van der Waals surface area contributed by atoms with E-state index in [0.717, 1.165) is 18.3 Å². The van der Waals surface area contributed by atoms with E-state index < -0.39 is 30.4 Å². The zero-order valence-electron chi connectivity index (χ0n) is 13.8. The standard InChI is InChI=1S/C17H10Cl2F3N3O3/c18-10-2-3-13(12(19)5-10)25-16(27)11(6-23)15(26)9-1-4-14(24-7-9)28-8-17(20,21)22/h1-5,7,11H,8H2,(H,25,27). The SMILES string of the molecule is N#CC(C(=O)Nc1ccc(Cl)cc1Cl)C(=O)c1ccc(OCC(F)(F)F)nc1. The van der Waals surface area contributed by atoms with Crippen LogP contribution in [0.25, 0.3) is 0 Å². The van der Waals surface area contributed by atoms with Crippen LogP contribution < -0.4 is 10.1 Å². The number of nitrogens with one attached hydrogen (secondary N) is 1. The van der Waals surface area contributed by atoms with Crippen LogP contribution in [0.15, 0.2) is 36.5 Å². The van der Waals surface area contributed by atoms with Crippen molar-refractivity contribution in [2.75, 3.05) is 11.9 Å². The van der Waals surface area contributed by atoms with Gasteiger partial charge in [-0.1, -0.05) is 23.2 Å². The van der Waals surface area contributed by atoms with Crippen LogP contribution >= 0.6 is 23.2 Å². The van der Waals surface area contributed by atoms with Crippen molar-refractivity contribution < 1.29 is 27.5 Å². The minimum atomic E-state index is -4.54. The number of nitriles is 1. The molecule has 0 spiro atoms. The normalized spacial score (nSPS) is 12.0. The summed E-state index contributed by atoms with van der Waals surface area (Å²) < 4.78 is 40.8. The molecule has 2 aromatic rings. The number of ketones is 1. The molecule has 1 heterocycles. The first-order valence-corrected chi connectivity index (χ1v) is 8.21. The number of hydrogen-bond acceptors (Lipinski definition) is 5. The molecule has 0 saturated heterocycles. The van der Waals surface area contributed by atoms with Crippen LogP contribution in [0.5, 0.6) is 5.88 Å². The molecule has 1 amide bonds. The van der Waals surface area contributed by atoms with E-state index in [1.807, 2.05) is 0 Å². The molecule has 0 bridgehead atoms. The van der Waals surface area contributed by atoms with Crippen molar-refractivity contribution in [3.05, 3.63) is 52.1 Å². The summed E-state index contributed by atoms with van der Waals surface area (Å²) in [6, 6.07) is 7.93. The summed E-state index contributed by atoms with van der Waals surface area (Å²) in [6.07, 6.45) is -3.62. The maximum Gasteiger partial charge on any atom is 0.422 e. The second kappa shape index (κ2) is 8.91. The Morgan fingerprint density at radius 1 is 1.25 bits per heavy atom. The molecule has 0 saturated carbocycles. The van der Waals surface area contributed by atoms with E-state index in [1.54, 1.807) is 6.07 Å². The summed E-state index contributed by atoms with van der Waals surface area (Å²) >= 11 is 11.7. The highest BCUT2D eigenvalue weighted by molar-refractivity contribution is 6.36. The number of Topliss-reactive ketones (excluding diaryl/α,β-unsaturated/α-hetero) is 1. The van der Waals surface area contributed by atoms with Gasteiger partial charge in [0, 0.05) is 22.8 Å². The van der Waals surface area contributed by atoms with E-state index in [9.17, 15) is 28.0 Å². The van der Waals surface area contributed by atoms with Crippen LogP contribution in [0.2, 0.25) is 10.0 Å². The second-order valence-corrected chi connectivity index (χ2v) is 6.17. The molecule has 0 aliphatic rings. The summed E-state index contributed by atoms with van der Waals surface area (Å²) in [5.74, 6) is -3.91. The van der Waals surface area contributed by atoms with E-state index in [0.29, 0.717) is 5.02 Å². The third-order valence-electron chi connectivity index (χ3n) is 3.25. The smallest absolute Gasteiger partial charge is 0.422 e. The fourth-order valence-electron chi connectivity index (χ4n) is 1.97. The van der Waals surface area contributed by atoms with Crippen LogP contribution in [0.3, 0.4) is 0 Å². The zero-order chi connectivity index (χ0) is 20.9. The molecule has 2 rings (SSSR count). The third kappa shape index (κ3) is 5.84. The summed E-state index contributed by atoms with van der Waals surface area (Å²) in [7, 11) is 0. The van der Waals surface area contributed by atoms with Gasteiger partial charge in [0.2, 0.25) is 11.8 Å². The molecule has 0 fully saturated rings. The fourth-order valence-corrected chi connectivity index (χ4v) is 2.42. The predicted octanol–water partition coefficient (Wildman–Crippen LogP) is 4.29. The van der Waals surface area contributed by atoms with E-state index in [1.165, 1.54) is 18.2 Å². The molecule has 0 aliphatic carbocycles. The van der Waals surface area contributed by atoms with Gasteiger partial charge in [-0.05, 0) is 24.3 Å². The number of hydrogen-bond donors (Lipinski definition) is 1. The average molecular weight is 432 g/mol. The first kappa shape index (κ1) is 21.5. The van der Waals surface area contributed by atoms with E-state index in [4.69, 9.17) is 23.2 Å². The average Bonchev–Trinajstić information content (AvgIpc) is 2.62. The summed E-state index contributed by atoms with van der Waals surface area (Å²) in [4.78, 5) is 28.2. The van der Waals surface area contributed by atoms with Crippen LogP contribution in [-0.4, -0.2) is 29.5 Å². The molecular formula is C17H10Cl2F3N3O3. The van der Waals surface area contributed by atoms with E-state index in [-0.39, 0.29) is 22.2 Å². The van der Waals surface area contributed by atoms with Gasteiger partial charge in [-0.15, -0.1) is 0 Å². The summed E-state index contributed by atoms with van der Waals surface area (Å²) in [5.41, 5.74) is 0.00130. The van der Waals surface area contributed by atoms with Crippen LogP contribution in [-0.2, 0) is 4.79 Å². The second-order valence-electron chi connectivity index (χ2n) is 5.33. The molecule has 146 valence electrons. The van der Waals surface area contributed by atoms with Crippen molar-refractivity contribution in [1.29, 1.82) is 5.26 Å². The highest BCUT2D eigenvalue weighted by atomic mass is 35.5. The largest absolute Gasteiger partial charge is 0.468 e. The Morgan fingerprint density at radius 3 is 2.50 bits per heavy atom. The number of anilines is 1. The number of alkyl halides is 3. The number of aromatic nitrogens is 1. The number of nitrogens with zero attached hydrogens (tertiary/aromatic N) is 2. The lowest BCUT2D eigenvalue weighted by Crippen LogP contribution is -2.29. The maximum absolute atomic E-state index is 12.4. The Morgan fingerprint density at radius 2 is 1.96 bits per heavy atom. The summed E-state index contributed by atoms with van der Waals surface area (Å²) in [6.45, 7) is -1.54. The lowest BCUT2D eigenvalue weighted by Gasteiger charge is -2.11. The number of carbonyl (C=O) groups is 2. The Labute approximate surface area is 166 Å². The lowest BCUT2D eigenvalue weighted by atomic mass is 9.99. The van der Waals surface area contributed by atoms with Gasteiger partial charge < -0.3 is 10.1 Å². The van der Waals surface area contributed by atoms with Crippen molar-refractivity contribution in [1.82, 2.24) is 4.98 Å². The minimum absolute atomic E-state index is 0.109. The Balaban J connectivity index is 2.10. The molecule has 1 aromatic carbocycles. The highest BCUT2D eigenvalue weighted by Gasteiger charge is 2.30. The number of amides is 1. The Bertz CT molecular complexity index is 928.